The van der Waals surface area contributed by atoms with Crippen molar-refractivity contribution < 1.29 is 15.0 Å². The molecule has 0 radical (unpaired) electrons. The lowest BCUT2D eigenvalue weighted by molar-refractivity contribution is -0.123. The fourth-order valence-corrected chi connectivity index (χ4v) is 5.95. The Morgan fingerprint density at radius 2 is 0.848 bits per heavy atom. The van der Waals surface area contributed by atoms with E-state index in [4.69, 9.17) is 0 Å². The van der Waals surface area contributed by atoms with E-state index in [-0.39, 0.29) is 12.5 Å². The average molecular weight is 646 g/mol. The van der Waals surface area contributed by atoms with Crippen LogP contribution >= 0.6 is 0 Å². The number of hydrogen-bond donors (Lipinski definition) is 3. The van der Waals surface area contributed by atoms with E-state index in [2.05, 4.69) is 43.5 Å². The fraction of sp³-hybridized carbons (Fsp3) is 0.833. The van der Waals surface area contributed by atoms with Crippen molar-refractivity contribution in [1.82, 2.24) is 5.32 Å². The van der Waals surface area contributed by atoms with Crippen LogP contribution in [0.1, 0.15) is 206 Å². The lowest BCUT2D eigenvalue weighted by Crippen LogP contribution is -2.45. The maximum atomic E-state index is 12.3. The van der Waals surface area contributed by atoms with Gasteiger partial charge < -0.3 is 15.5 Å². The molecule has 0 aliphatic heterocycles. The summed E-state index contributed by atoms with van der Waals surface area (Å²) in [6.45, 7) is 4.28. The van der Waals surface area contributed by atoms with Crippen LogP contribution in [0.3, 0.4) is 0 Å². The Bertz CT molecular complexity index is 701. The van der Waals surface area contributed by atoms with Gasteiger partial charge in [0.1, 0.15) is 0 Å². The first-order valence-corrected chi connectivity index (χ1v) is 20.2. The third-order valence-electron chi connectivity index (χ3n) is 9.10. The standard InChI is InChI=1S/C42H79NO3/c1-3-5-7-9-11-13-15-17-19-20-21-22-23-24-26-28-30-32-34-36-38-42(46)43-40(39-44)41(45)37-35-33-31-29-27-25-18-16-14-12-10-8-6-4-2/h21-22,27,29,35,37,40-41,44-45H,3-20,23-26,28,30-34,36,38-39H2,1-2H3,(H,43,46)/b22-21-,29-27+,37-35+. The van der Waals surface area contributed by atoms with Crippen LogP contribution in [0, 0.1) is 0 Å². The normalized spacial score (nSPS) is 13.4. The van der Waals surface area contributed by atoms with Crippen molar-refractivity contribution in [2.24, 2.45) is 0 Å². The number of carbonyl (C=O) groups excluding carboxylic acids is 1. The van der Waals surface area contributed by atoms with E-state index in [0.29, 0.717) is 6.42 Å². The van der Waals surface area contributed by atoms with Crippen LogP contribution in [-0.4, -0.2) is 34.9 Å². The molecule has 0 saturated carbocycles. The quantitative estimate of drug-likeness (QED) is 0.0469. The highest BCUT2D eigenvalue weighted by Gasteiger charge is 2.17. The van der Waals surface area contributed by atoms with E-state index in [9.17, 15) is 15.0 Å². The number of carbonyl (C=O) groups is 1. The molecule has 0 heterocycles. The van der Waals surface area contributed by atoms with E-state index in [0.717, 1.165) is 32.1 Å². The maximum Gasteiger partial charge on any atom is 0.220 e. The van der Waals surface area contributed by atoms with E-state index in [1.807, 2.05) is 6.08 Å². The zero-order valence-corrected chi connectivity index (χ0v) is 30.8. The number of allylic oxidation sites excluding steroid dienone is 5. The molecule has 0 rings (SSSR count). The summed E-state index contributed by atoms with van der Waals surface area (Å²) < 4.78 is 0. The van der Waals surface area contributed by atoms with Crippen molar-refractivity contribution >= 4 is 5.91 Å². The SMILES string of the molecule is CCCCCCCCCC/C=C/CC/C=C/C(O)C(CO)NC(=O)CCCCCCCCC/C=C\CCCCCCCCCCC. The third-order valence-corrected chi connectivity index (χ3v) is 9.10. The Balaban J connectivity index is 3.62. The molecule has 0 aromatic heterocycles. The summed E-state index contributed by atoms with van der Waals surface area (Å²) in [5.41, 5.74) is 0. The lowest BCUT2D eigenvalue weighted by atomic mass is 10.1. The first-order valence-electron chi connectivity index (χ1n) is 20.2. The number of aliphatic hydroxyl groups is 2. The highest BCUT2D eigenvalue weighted by Crippen LogP contribution is 2.13. The van der Waals surface area contributed by atoms with E-state index < -0.39 is 12.1 Å². The molecule has 2 unspecified atom stereocenters. The first kappa shape index (κ1) is 44.6. The van der Waals surface area contributed by atoms with Gasteiger partial charge in [0.25, 0.3) is 0 Å². The Kier molecular flexibility index (Phi) is 36.9. The minimum absolute atomic E-state index is 0.0791. The second-order valence-corrected chi connectivity index (χ2v) is 13.7. The van der Waals surface area contributed by atoms with Crippen molar-refractivity contribution in [3.8, 4) is 0 Å². The number of hydrogen-bond acceptors (Lipinski definition) is 3. The highest BCUT2D eigenvalue weighted by atomic mass is 16.3. The van der Waals surface area contributed by atoms with Crippen molar-refractivity contribution in [2.45, 2.75) is 219 Å². The molecule has 0 saturated heterocycles. The third kappa shape index (κ3) is 34.0. The van der Waals surface area contributed by atoms with E-state index >= 15 is 0 Å². The van der Waals surface area contributed by atoms with Gasteiger partial charge in [-0.3, -0.25) is 4.79 Å². The Hall–Kier alpha value is -1.39. The number of rotatable bonds is 36. The van der Waals surface area contributed by atoms with Gasteiger partial charge in [-0.25, -0.2) is 0 Å². The zero-order valence-electron chi connectivity index (χ0n) is 30.8. The summed E-state index contributed by atoms with van der Waals surface area (Å²) >= 11 is 0. The van der Waals surface area contributed by atoms with Gasteiger partial charge >= 0.3 is 0 Å². The molecular formula is C42H79NO3. The molecule has 0 aliphatic rings. The van der Waals surface area contributed by atoms with Gasteiger partial charge in [0.15, 0.2) is 0 Å². The van der Waals surface area contributed by atoms with Gasteiger partial charge in [0.05, 0.1) is 18.8 Å². The zero-order chi connectivity index (χ0) is 33.6. The summed E-state index contributed by atoms with van der Waals surface area (Å²) in [6, 6.07) is -0.638. The second kappa shape index (κ2) is 38.1. The number of aliphatic hydroxyl groups excluding tert-OH is 2. The number of amides is 1. The fourth-order valence-electron chi connectivity index (χ4n) is 5.95. The first-order chi connectivity index (χ1) is 22.7. The molecule has 46 heavy (non-hydrogen) atoms. The topological polar surface area (TPSA) is 69.6 Å². The molecule has 0 spiro atoms. The summed E-state index contributed by atoms with van der Waals surface area (Å²) in [4.78, 5) is 12.3. The van der Waals surface area contributed by atoms with Crippen molar-refractivity contribution in [3.63, 3.8) is 0 Å². The molecule has 2 atom stereocenters. The predicted octanol–water partition coefficient (Wildman–Crippen LogP) is 12.2. The maximum absolute atomic E-state index is 12.3. The lowest BCUT2D eigenvalue weighted by Gasteiger charge is -2.19. The molecule has 4 heteroatoms. The molecule has 270 valence electrons. The van der Waals surface area contributed by atoms with E-state index in [1.54, 1.807) is 6.08 Å². The van der Waals surface area contributed by atoms with Crippen LogP contribution in [-0.2, 0) is 4.79 Å². The summed E-state index contributed by atoms with van der Waals surface area (Å²) in [5.74, 6) is -0.0791. The van der Waals surface area contributed by atoms with Gasteiger partial charge in [0.2, 0.25) is 5.91 Å². The van der Waals surface area contributed by atoms with Gasteiger partial charge in [-0.1, -0.05) is 179 Å². The van der Waals surface area contributed by atoms with Crippen LogP contribution in [0.15, 0.2) is 36.5 Å². The molecular weight excluding hydrogens is 566 g/mol. The predicted molar refractivity (Wildman–Crippen MR) is 202 cm³/mol. The number of nitrogens with one attached hydrogen (secondary N) is 1. The molecule has 0 aromatic carbocycles. The van der Waals surface area contributed by atoms with Crippen LogP contribution < -0.4 is 5.32 Å². The summed E-state index contributed by atoms with van der Waals surface area (Å²) in [7, 11) is 0. The van der Waals surface area contributed by atoms with E-state index in [1.165, 1.54) is 154 Å². The Morgan fingerprint density at radius 1 is 0.500 bits per heavy atom. The van der Waals surface area contributed by atoms with Gasteiger partial charge in [-0.05, 0) is 57.8 Å². The van der Waals surface area contributed by atoms with Gasteiger partial charge in [-0.2, -0.15) is 0 Å². The molecule has 1 amide bonds. The van der Waals surface area contributed by atoms with Crippen LogP contribution in [0.4, 0.5) is 0 Å². The smallest absolute Gasteiger partial charge is 0.220 e. The molecule has 3 N–H and O–H groups in total. The molecule has 0 aromatic rings. The van der Waals surface area contributed by atoms with Crippen molar-refractivity contribution in [3.05, 3.63) is 36.5 Å². The van der Waals surface area contributed by atoms with Crippen LogP contribution in [0.2, 0.25) is 0 Å². The van der Waals surface area contributed by atoms with Crippen molar-refractivity contribution in [2.75, 3.05) is 6.61 Å². The molecule has 4 nitrogen and oxygen atoms in total. The van der Waals surface area contributed by atoms with Gasteiger partial charge in [0, 0.05) is 6.42 Å². The monoisotopic (exact) mass is 646 g/mol. The molecule has 0 aliphatic carbocycles. The largest absolute Gasteiger partial charge is 0.394 e. The average Bonchev–Trinajstić information content (AvgIpc) is 3.06. The van der Waals surface area contributed by atoms with Gasteiger partial charge in [-0.15, -0.1) is 0 Å². The Morgan fingerprint density at radius 3 is 1.26 bits per heavy atom. The second-order valence-electron chi connectivity index (χ2n) is 13.7. The summed E-state index contributed by atoms with van der Waals surface area (Å²) in [5, 5.41) is 22.9. The highest BCUT2D eigenvalue weighted by molar-refractivity contribution is 5.76. The van der Waals surface area contributed by atoms with Crippen molar-refractivity contribution in [1.29, 1.82) is 0 Å². The Labute approximate surface area is 287 Å². The molecule has 0 bridgehead atoms. The van der Waals surface area contributed by atoms with Crippen LogP contribution in [0.5, 0.6) is 0 Å². The number of unbranched alkanes of at least 4 members (excludes halogenated alkanes) is 25. The minimum Gasteiger partial charge on any atom is -0.394 e. The molecule has 0 fully saturated rings. The summed E-state index contributed by atoms with van der Waals surface area (Å²) in [6.07, 6.45) is 49.5. The minimum atomic E-state index is -0.861. The van der Waals surface area contributed by atoms with Crippen LogP contribution in [0.25, 0.3) is 0 Å².